The lowest BCUT2D eigenvalue weighted by Crippen LogP contribution is -2.19. The van der Waals surface area contributed by atoms with Crippen LogP contribution >= 0.6 is 11.3 Å². The summed E-state index contributed by atoms with van der Waals surface area (Å²) in [4.78, 5) is 39.9. The van der Waals surface area contributed by atoms with Gasteiger partial charge < -0.3 is 15.2 Å². The fraction of sp³-hybridized carbons (Fsp3) is 0.263. The van der Waals surface area contributed by atoms with E-state index in [-0.39, 0.29) is 35.4 Å². The van der Waals surface area contributed by atoms with Crippen LogP contribution in [0, 0.1) is 0 Å². The Bertz CT molecular complexity index is 1020. The van der Waals surface area contributed by atoms with E-state index in [1.54, 1.807) is 5.38 Å². The number of anilines is 2. The zero-order valence-electron chi connectivity index (χ0n) is 16.3. The molecule has 0 unspecified atom stereocenters. The van der Waals surface area contributed by atoms with Crippen molar-refractivity contribution in [2.75, 3.05) is 10.6 Å². The number of benzene rings is 1. The molecule has 0 bridgehead atoms. The fourth-order valence-corrected chi connectivity index (χ4v) is 3.04. The molecule has 0 saturated carbocycles. The number of ether oxygens (including phenoxy) is 1. The Morgan fingerprint density at radius 1 is 1.13 bits per heavy atom. The van der Waals surface area contributed by atoms with E-state index in [9.17, 15) is 9.59 Å². The van der Waals surface area contributed by atoms with Crippen LogP contribution in [0.5, 0.6) is 6.01 Å². The number of rotatable bonds is 9. The van der Waals surface area contributed by atoms with Crippen LogP contribution < -0.4 is 15.4 Å². The number of carboxylic acids is 1. The standard InChI is InChI=1S/C19H20N6O4S/c1-11(2)29-18-23-15(16(28)24-19-21-13(10-30-19)8-14(26)27)22-17(25-18)20-9-12-6-4-3-5-7-12/h3-7,10-11H,8-9H2,1-2H3,(H,26,27)(H,21,24,28)(H,20,22,23,25). The molecule has 0 saturated heterocycles. The van der Waals surface area contributed by atoms with Gasteiger partial charge in [0.2, 0.25) is 11.8 Å². The van der Waals surface area contributed by atoms with E-state index >= 15 is 0 Å². The second kappa shape index (κ2) is 9.74. The van der Waals surface area contributed by atoms with Crippen LogP contribution in [0.15, 0.2) is 35.7 Å². The van der Waals surface area contributed by atoms with Crippen LogP contribution in [0.4, 0.5) is 11.1 Å². The molecule has 0 radical (unpaired) electrons. The highest BCUT2D eigenvalue weighted by Gasteiger charge is 2.17. The Morgan fingerprint density at radius 2 is 1.90 bits per heavy atom. The number of carbonyl (C=O) groups excluding carboxylic acids is 1. The van der Waals surface area contributed by atoms with Crippen LogP contribution in [0.3, 0.4) is 0 Å². The van der Waals surface area contributed by atoms with E-state index in [2.05, 4.69) is 30.6 Å². The molecule has 0 aliphatic carbocycles. The number of hydrogen-bond donors (Lipinski definition) is 3. The molecular weight excluding hydrogens is 408 g/mol. The number of thiazole rings is 1. The summed E-state index contributed by atoms with van der Waals surface area (Å²) >= 11 is 1.12. The summed E-state index contributed by atoms with van der Waals surface area (Å²) in [5, 5.41) is 16.3. The lowest BCUT2D eigenvalue weighted by molar-refractivity contribution is -0.136. The lowest BCUT2D eigenvalue weighted by atomic mass is 10.2. The summed E-state index contributed by atoms with van der Waals surface area (Å²) in [6.07, 6.45) is -0.416. The van der Waals surface area contributed by atoms with E-state index in [0.29, 0.717) is 12.2 Å². The number of hydrogen-bond acceptors (Lipinski definition) is 9. The number of aromatic nitrogens is 4. The molecule has 0 aliphatic rings. The summed E-state index contributed by atoms with van der Waals surface area (Å²) in [5.74, 6) is -1.56. The summed E-state index contributed by atoms with van der Waals surface area (Å²) in [6, 6.07) is 9.68. The van der Waals surface area contributed by atoms with Crippen LogP contribution in [0.25, 0.3) is 0 Å². The molecule has 1 aromatic carbocycles. The van der Waals surface area contributed by atoms with Gasteiger partial charge in [-0.3, -0.25) is 14.9 Å². The molecule has 0 fully saturated rings. The minimum Gasteiger partial charge on any atom is -0.481 e. The predicted octanol–water partition coefficient (Wildman–Crippen LogP) is 2.61. The molecule has 0 aliphatic heterocycles. The first kappa shape index (κ1) is 21.1. The molecule has 30 heavy (non-hydrogen) atoms. The van der Waals surface area contributed by atoms with Gasteiger partial charge in [0, 0.05) is 11.9 Å². The Hall–Kier alpha value is -3.60. The molecule has 2 heterocycles. The molecule has 2 aromatic heterocycles. The average molecular weight is 428 g/mol. The van der Waals surface area contributed by atoms with Gasteiger partial charge in [0.25, 0.3) is 5.91 Å². The summed E-state index contributed by atoms with van der Waals surface area (Å²) in [7, 11) is 0. The minimum absolute atomic E-state index is 0.0198. The monoisotopic (exact) mass is 428 g/mol. The van der Waals surface area contributed by atoms with Crippen molar-refractivity contribution in [3.8, 4) is 6.01 Å². The van der Waals surface area contributed by atoms with Gasteiger partial charge >= 0.3 is 12.0 Å². The van der Waals surface area contributed by atoms with Crippen molar-refractivity contribution >= 4 is 34.3 Å². The van der Waals surface area contributed by atoms with Gasteiger partial charge in [-0.1, -0.05) is 30.3 Å². The third-order valence-electron chi connectivity index (χ3n) is 3.56. The zero-order chi connectivity index (χ0) is 21.5. The number of carbonyl (C=O) groups is 2. The minimum atomic E-state index is -1.000. The van der Waals surface area contributed by atoms with Crippen LogP contribution in [-0.4, -0.2) is 43.0 Å². The molecule has 3 rings (SSSR count). The molecule has 0 atom stereocenters. The number of carboxylic acid groups (broad SMARTS) is 1. The lowest BCUT2D eigenvalue weighted by Gasteiger charge is -2.11. The first-order chi connectivity index (χ1) is 14.4. The average Bonchev–Trinajstić information content (AvgIpc) is 3.12. The second-order valence-electron chi connectivity index (χ2n) is 6.44. The summed E-state index contributed by atoms with van der Waals surface area (Å²) in [5.41, 5.74) is 1.37. The van der Waals surface area contributed by atoms with Crippen LogP contribution in [0.2, 0.25) is 0 Å². The van der Waals surface area contributed by atoms with Crippen molar-refractivity contribution in [3.05, 3.63) is 52.8 Å². The van der Waals surface area contributed by atoms with Crippen molar-refractivity contribution in [2.45, 2.75) is 32.9 Å². The Kier molecular flexibility index (Phi) is 6.86. The molecular formula is C19H20N6O4S. The molecule has 10 nitrogen and oxygen atoms in total. The SMILES string of the molecule is CC(C)Oc1nc(NCc2ccccc2)nc(C(=O)Nc2nc(CC(=O)O)cs2)n1. The maximum absolute atomic E-state index is 12.6. The highest BCUT2D eigenvalue weighted by Crippen LogP contribution is 2.17. The van der Waals surface area contributed by atoms with Crippen molar-refractivity contribution in [2.24, 2.45) is 0 Å². The third kappa shape index (κ3) is 6.21. The Morgan fingerprint density at radius 3 is 2.60 bits per heavy atom. The molecule has 11 heteroatoms. The number of aliphatic carboxylic acids is 1. The topological polar surface area (TPSA) is 139 Å². The van der Waals surface area contributed by atoms with E-state index in [4.69, 9.17) is 9.84 Å². The van der Waals surface area contributed by atoms with Crippen LogP contribution in [0.1, 0.15) is 35.7 Å². The predicted molar refractivity (Wildman–Crippen MR) is 111 cm³/mol. The van der Waals surface area contributed by atoms with Gasteiger partial charge in [-0.25, -0.2) is 4.98 Å². The van der Waals surface area contributed by atoms with Crippen molar-refractivity contribution in [3.63, 3.8) is 0 Å². The number of nitrogens with one attached hydrogen (secondary N) is 2. The second-order valence-corrected chi connectivity index (χ2v) is 7.30. The Labute approximate surface area is 176 Å². The first-order valence-corrected chi connectivity index (χ1v) is 9.95. The summed E-state index contributed by atoms with van der Waals surface area (Å²) in [6.45, 7) is 4.10. The third-order valence-corrected chi connectivity index (χ3v) is 4.36. The number of nitrogens with zero attached hydrogens (tertiary/aromatic N) is 4. The molecule has 1 amide bonds. The molecule has 3 aromatic rings. The molecule has 0 spiro atoms. The molecule has 156 valence electrons. The largest absolute Gasteiger partial charge is 0.481 e. The van der Waals surface area contributed by atoms with E-state index in [1.807, 2.05) is 44.2 Å². The van der Waals surface area contributed by atoms with Crippen molar-refractivity contribution < 1.29 is 19.4 Å². The highest BCUT2D eigenvalue weighted by molar-refractivity contribution is 7.14. The van der Waals surface area contributed by atoms with Gasteiger partial charge in [0.1, 0.15) is 0 Å². The van der Waals surface area contributed by atoms with Gasteiger partial charge in [-0.2, -0.15) is 15.0 Å². The van der Waals surface area contributed by atoms with E-state index in [1.165, 1.54) is 0 Å². The zero-order valence-corrected chi connectivity index (χ0v) is 17.1. The maximum atomic E-state index is 12.6. The maximum Gasteiger partial charge on any atom is 0.322 e. The normalized spacial score (nSPS) is 10.6. The first-order valence-electron chi connectivity index (χ1n) is 9.07. The smallest absolute Gasteiger partial charge is 0.322 e. The van der Waals surface area contributed by atoms with Crippen LogP contribution in [-0.2, 0) is 17.8 Å². The van der Waals surface area contributed by atoms with Gasteiger partial charge in [0.15, 0.2) is 5.13 Å². The van der Waals surface area contributed by atoms with E-state index < -0.39 is 11.9 Å². The highest BCUT2D eigenvalue weighted by atomic mass is 32.1. The van der Waals surface area contributed by atoms with Gasteiger partial charge in [0.05, 0.1) is 18.2 Å². The van der Waals surface area contributed by atoms with Gasteiger partial charge in [-0.15, -0.1) is 11.3 Å². The Balaban J connectivity index is 1.76. The van der Waals surface area contributed by atoms with E-state index in [0.717, 1.165) is 16.9 Å². The van der Waals surface area contributed by atoms with Gasteiger partial charge in [-0.05, 0) is 19.4 Å². The number of amides is 1. The van der Waals surface area contributed by atoms with Crippen molar-refractivity contribution in [1.82, 2.24) is 19.9 Å². The quantitative estimate of drug-likeness (QED) is 0.469. The van der Waals surface area contributed by atoms with Crippen molar-refractivity contribution in [1.29, 1.82) is 0 Å². The molecule has 3 N–H and O–H groups in total. The fourth-order valence-electron chi connectivity index (χ4n) is 2.33. The summed E-state index contributed by atoms with van der Waals surface area (Å²) < 4.78 is 5.54.